The van der Waals surface area contributed by atoms with Crippen LogP contribution in [-0.2, 0) is 17.9 Å². The molecule has 4 heteroatoms. The van der Waals surface area contributed by atoms with Crippen molar-refractivity contribution in [1.29, 1.82) is 0 Å². The molecule has 0 saturated heterocycles. The molecule has 1 aromatic rings. The number of nitrogens with two attached hydrogens (primary N) is 1. The van der Waals surface area contributed by atoms with Gasteiger partial charge in [-0.05, 0) is 13.8 Å². The van der Waals surface area contributed by atoms with Crippen molar-refractivity contribution in [2.24, 2.45) is 5.73 Å². The third kappa shape index (κ3) is 2.27. The van der Waals surface area contributed by atoms with Gasteiger partial charge in [-0.15, -0.1) is 11.3 Å². The van der Waals surface area contributed by atoms with Crippen LogP contribution in [0, 0.1) is 6.92 Å². The summed E-state index contributed by atoms with van der Waals surface area (Å²) in [5, 5.41) is 1.02. The first-order valence-electron chi connectivity index (χ1n) is 4.01. The van der Waals surface area contributed by atoms with Crippen LogP contribution in [0.2, 0.25) is 0 Å². The van der Waals surface area contributed by atoms with E-state index in [4.69, 9.17) is 10.5 Å². The van der Waals surface area contributed by atoms with Crippen LogP contribution in [0.5, 0.6) is 0 Å². The normalized spacial score (nSPS) is 10.6. The Kier molecular flexibility index (Phi) is 3.65. The van der Waals surface area contributed by atoms with Crippen LogP contribution in [0.4, 0.5) is 0 Å². The fourth-order valence-electron chi connectivity index (χ4n) is 0.929. The molecular weight excluding hydrogens is 172 g/mol. The van der Waals surface area contributed by atoms with Gasteiger partial charge in [0.05, 0.1) is 12.3 Å². The molecule has 3 nitrogen and oxygen atoms in total. The van der Waals surface area contributed by atoms with E-state index in [1.165, 1.54) is 0 Å². The van der Waals surface area contributed by atoms with Crippen molar-refractivity contribution in [1.82, 2.24) is 4.98 Å². The molecule has 2 N–H and O–H groups in total. The molecule has 0 radical (unpaired) electrons. The number of aromatic nitrogens is 1. The SMILES string of the molecule is CCOCc1nc(C)c(CN)s1. The van der Waals surface area contributed by atoms with E-state index in [0.717, 1.165) is 22.2 Å². The number of rotatable bonds is 4. The molecule has 0 fully saturated rings. The van der Waals surface area contributed by atoms with Crippen LogP contribution >= 0.6 is 11.3 Å². The van der Waals surface area contributed by atoms with Crippen LogP contribution < -0.4 is 5.73 Å². The second-order valence-electron chi connectivity index (χ2n) is 2.46. The van der Waals surface area contributed by atoms with Crippen LogP contribution in [0.3, 0.4) is 0 Å². The average Bonchev–Trinajstić information content (AvgIpc) is 2.43. The Hall–Kier alpha value is -0.450. The van der Waals surface area contributed by atoms with Gasteiger partial charge in [0.2, 0.25) is 0 Å². The van der Waals surface area contributed by atoms with E-state index in [0.29, 0.717) is 13.2 Å². The summed E-state index contributed by atoms with van der Waals surface area (Å²) in [6.07, 6.45) is 0. The summed E-state index contributed by atoms with van der Waals surface area (Å²) < 4.78 is 5.24. The smallest absolute Gasteiger partial charge is 0.119 e. The van der Waals surface area contributed by atoms with E-state index in [-0.39, 0.29) is 0 Å². The van der Waals surface area contributed by atoms with Gasteiger partial charge in [0.15, 0.2) is 0 Å². The third-order valence-electron chi connectivity index (χ3n) is 1.55. The van der Waals surface area contributed by atoms with Crippen molar-refractivity contribution in [3.63, 3.8) is 0 Å². The number of hydrogen-bond acceptors (Lipinski definition) is 4. The lowest BCUT2D eigenvalue weighted by Crippen LogP contribution is -1.94. The second kappa shape index (κ2) is 4.54. The molecule has 0 atom stereocenters. The lowest BCUT2D eigenvalue weighted by molar-refractivity contribution is 0.134. The highest BCUT2D eigenvalue weighted by atomic mass is 32.1. The molecule has 0 aromatic carbocycles. The Morgan fingerprint density at radius 3 is 2.83 bits per heavy atom. The van der Waals surface area contributed by atoms with Gasteiger partial charge in [-0.3, -0.25) is 0 Å². The molecule has 1 aromatic heterocycles. The summed E-state index contributed by atoms with van der Waals surface area (Å²) in [6.45, 7) is 5.88. The Bertz CT molecular complexity index is 247. The Labute approximate surface area is 76.6 Å². The van der Waals surface area contributed by atoms with Crippen LogP contribution in [0.1, 0.15) is 22.5 Å². The highest BCUT2D eigenvalue weighted by Gasteiger charge is 2.04. The van der Waals surface area contributed by atoms with Crippen LogP contribution in [0.25, 0.3) is 0 Å². The van der Waals surface area contributed by atoms with Crippen molar-refractivity contribution in [2.75, 3.05) is 6.61 Å². The lowest BCUT2D eigenvalue weighted by atomic mass is 10.4. The molecule has 68 valence electrons. The number of ether oxygens (including phenoxy) is 1. The second-order valence-corrected chi connectivity index (χ2v) is 3.63. The predicted molar refractivity (Wildman–Crippen MR) is 50.1 cm³/mol. The van der Waals surface area contributed by atoms with E-state index in [1.807, 2.05) is 13.8 Å². The Morgan fingerprint density at radius 2 is 2.33 bits per heavy atom. The Morgan fingerprint density at radius 1 is 1.58 bits per heavy atom. The van der Waals surface area contributed by atoms with Gasteiger partial charge in [0.25, 0.3) is 0 Å². The molecule has 1 heterocycles. The van der Waals surface area contributed by atoms with E-state index < -0.39 is 0 Å². The number of thiazole rings is 1. The third-order valence-corrected chi connectivity index (χ3v) is 2.71. The van der Waals surface area contributed by atoms with Crippen molar-refractivity contribution < 1.29 is 4.74 Å². The molecule has 0 aliphatic rings. The monoisotopic (exact) mass is 186 g/mol. The summed E-state index contributed by atoms with van der Waals surface area (Å²) in [5.74, 6) is 0. The quantitative estimate of drug-likeness (QED) is 0.774. The first kappa shape index (κ1) is 9.64. The molecule has 0 aliphatic heterocycles. The maximum Gasteiger partial charge on any atom is 0.119 e. The van der Waals surface area contributed by atoms with E-state index in [2.05, 4.69) is 4.98 Å². The highest BCUT2D eigenvalue weighted by Crippen LogP contribution is 2.17. The van der Waals surface area contributed by atoms with Crippen molar-refractivity contribution in [2.45, 2.75) is 27.0 Å². The van der Waals surface area contributed by atoms with Gasteiger partial charge in [0.1, 0.15) is 5.01 Å². The van der Waals surface area contributed by atoms with Gasteiger partial charge < -0.3 is 10.5 Å². The largest absolute Gasteiger partial charge is 0.375 e. The van der Waals surface area contributed by atoms with E-state index >= 15 is 0 Å². The van der Waals surface area contributed by atoms with Crippen LogP contribution in [-0.4, -0.2) is 11.6 Å². The topological polar surface area (TPSA) is 48.1 Å². The van der Waals surface area contributed by atoms with Crippen molar-refractivity contribution >= 4 is 11.3 Å². The number of aryl methyl sites for hydroxylation is 1. The average molecular weight is 186 g/mol. The minimum absolute atomic E-state index is 0.579. The molecule has 12 heavy (non-hydrogen) atoms. The molecule has 0 aliphatic carbocycles. The number of nitrogens with zero attached hydrogens (tertiary/aromatic N) is 1. The summed E-state index contributed by atoms with van der Waals surface area (Å²) in [5.41, 5.74) is 6.56. The maximum absolute atomic E-state index is 5.52. The van der Waals surface area contributed by atoms with Crippen molar-refractivity contribution in [3.05, 3.63) is 15.6 Å². The minimum Gasteiger partial charge on any atom is -0.375 e. The Balaban J connectivity index is 2.62. The number of hydrogen-bond donors (Lipinski definition) is 1. The zero-order chi connectivity index (χ0) is 8.97. The zero-order valence-corrected chi connectivity index (χ0v) is 8.28. The lowest BCUT2D eigenvalue weighted by Gasteiger charge is -1.93. The van der Waals surface area contributed by atoms with E-state index in [1.54, 1.807) is 11.3 Å². The summed E-state index contributed by atoms with van der Waals surface area (Å²) in [7, 11) is 0. The summed E-state index contributed by atoms with van der Waals surface area (Å²) in [4.78, 5) is 5.49. The zero-order valence-electron chi connectivity index (χ0n) is 7.46. The maximum atomic E-state index is 5.52. The summed E-state index contributed by atoms with van der Waals surface area (Å²) in [6, 6.07) is 0. The van der Waals surface area contributed by atoms with Crippen LogP contribution in [0.15, 0.2) is 0 Å². The standard InChI is InChI=1S/C8H14N2OS/c1-3-11-5-8-10-6(2)7(4-9)12-8/h3-5,9H2,1-2H3. The first-order valence-corrected chi connectivity index (χ1v) is 4.82. The fraction of sp³-hybridized carbons (Fsp3) is 0.625. The molecule has 0 bridgehead atoms. The predicted octanol–water partition coefficient (Wildman–Crippen LogP) is 1.45. The van der Waals surface area contributed by atoms with Crippen molar-refractivity contribution in [3.8, 4) is 0 Å². The molecule has 0 amide bonds. The van der Waals surface area contributed by atoms with Gasteiger partial charge in [0, 0.05) is 18.0 Å². The molecule has 0 saturated carbocycles. The summed E-state index contributed by atoms with van der Waals surface area (Å²) >= 11 is 1.64. The van der Waals surface area contributed by atoms with Gasteiger partial charge in [-0.25, -0.2) is 4.98 Å². The molecule has 0 spiro atoms. The van der Waals surface area contributed by atoms with Gasteiger partial charge in [-0.2, -0.15) is 0 Å². The fourth-order valence-corrected chi connectivity index (χ4v) is 1.81. The minimum atomic E-state index is 0.579. The van der Waals surface area contributed by atoms with Gasteiger partial charge in [-0.1, -0.05) is 0 Å². The molecular formula is C8H14N2OS. The molecule has 0 unspecified atom stereocenters. The molecule has 1 rings (SSSR count). The van der Waals surface area contributed by atoms with Gasteiger partial charge >= 0.3 is 0 Å². The first-order chi connectivity index (χ1) is 5.77. The highest BCUT2D eigenvalue weighted by molar-refractivity contribution is 7.11. The van der Waals surface area contributed by atoms with E-state index in [9.17, 15) is 0 Å².